The van der Waals surface area contributed by atoms with E-state index in [0.29, 0.717) is 6.61 Å². The van der Waals surface area contributed by atoms with Crippen LogP contribution in [0.5, 0.6) is 0 Å². The molecule has 3 heteroatoms. The van der Waals surface area contributed by atoms with Crippen LogP contribution in [0.2, 0.25) is 0 Å². The number of ether oxygens (including phenoxy) is 1. The molecule has 0 N–H and O–H groups in total. The van der Waals surface area contributed by atoms with Crippen LogP contribution < -0.4 is 0 Å². The van der Waals surface area contributed by atoms with E-state index in [2.05, 4.69) is 85.4 Å². The predicted molar refractivity (Wildman–Crippen MR) is 123 cm³/mol. The van der Waals surface area contributed by atoms with Crippen molar-refractivity contribution >= 4 is 23.5 Å². The van der Waals surface area contributed by atoms with Gasteiger partial charge in [0.25, 0.3) is 0 Å². The minimum atomic E-state index is 0.0201. The Morgan fingerprint density at radius 1 is 0.714 bits per heavy atom. The van der Waals surface area contributed by atoms with Crippen LogP contribution in [0.4, 0.5) is 0 Å². The summed E-state index contributed by atoms with van der Waals surface area (Å²) in [4.78, 5) is 2.44. The highest BCUT2D eigenvalue weighted by Crippen LogP contribution is 2.36. The van der Waals surface area contributed by atoms with Crippen LogP contribution in [0, 0.1) is 0 Å². The van der Waals surface area contributed by atoms with Gasteiger partial charge in [0.1, 0.15) is 0 Å². The van der Waals surface area contributed by atoms with Gasteiger partial charge < -0.3 is 4.74 Å². The molecule has 0 aliphatic rings. The number of thioether (sulfide) groups is 2. The Kier molecular flexibility index (Phi) is 8.76. The van der Waals surface area contributed by atoms with Gasteiger partial charge in [-0.25, -0.2) is 0 Å². The normalized spacial score (nSPS) is 10.9. The Hall–Kier alpha value is -1.94. The molecule has 0 aromatic heterocycles. The zero-order valence-corrected chi connectivity index (χ0v) is 17.6. The molecule has 28 heavy (non-hydrogen) atoms. The van der Waals surface area contributed by atoms with Crippen LogP contribution in [-0.2, 0) is 11.2 Å². The highest BCUT2D eigenvalue weighted by atomic mass is 32.2. The smallest absolute Gasteiger partial charge is 0.158 e. The fourth-order valence-corrected chi connectivity index (χ4v) is 4.96. The summed E-state index contributed by atoms with van der Waals surface area (Å²) in [5.74, 6) is 0. The average Bonchev–Trinajstić information content (AvgIpc) is 2.74. The summed E-state index contributed by atoms with van der Waals surface area (Å²) in [6, 6.07) is 31.5. The van der Waals surface area contributed by atoms with E-state index in [4.69, 9.17) is 4.74 Å². The molecule has 3 aromatic rings. The molecule has 0 aliphatic heterocycles. The maximum Gasteiger partial charge on any atom is 0.158 e. The third-order valence-electron chi connectivity index (χ3n) is 4.27. The summed E-state index contributed by atoms with van der Waals surface area (Å²) in [5, 5.41) is 0. The molecule has 0 fully saturated rings. The summed E-state index contributed by atoms with van der Waals surface area (Å²) in [6.45, 7) is 4.93. The largest absolute Gasteiger partial charge is 0.357 e. The summed E-state index contributed by atoms with van der Waals surface area (Å²) >= 11 is 3.51. The van der Waals surface area contributed by atoms with Gasteiger partial charge in [0.15, 0.2) is 4.77 Å². The molecule has 1 nitrogen and oxygen atoms in total. The molecular formula is C25H26OS2. The van der Waals surface area contributed by atoms with E-state index in [0.717, 1.165) is 19.3 Å². The Morgan fingerprint density at radius 2 is 1.21 bits per heavy atom. The van der Waals surface area contributed by atoms with E-state index in [1.807, 2.05) is 12.1 Å². The lowest BCUT2D eigenvalue weighted by molar-refractivity contribution is 0.165. The summed E-state index contributed by atoms with van der Waals surface area (Å²) in [5.41, 5.74) is 2.61. The van der Waals surface area contributed by atoms with Crippen molar-refractivity contribution in [3.05, 3.63) is 109 Å². The predicted octanol–water partition coefficient (Wildman–Crippen LogP) is 7.45. The van der Waals surface area contributed by atoms with Crippen molar-refractivity contribution in [3.63, 3.8) is 0 Å². The first-order valence-electron chi connectivity index (χ1n) is 9.55. The van der Waals surface area contributed by atoms with E-state index >= 15 is 0 Å². The van der Waals surface area contributed by atoms with Gasteiger partial charge in [-0.05, 0) is 49.1 Å². The van der Waals surface area contributed by atoms with E-state index in [1.165, 1.54) is 20.9 Å². The molecule has 0 spiro atoms. The van der Waals surface area contributed by atoms with Crippen LogP contribution in [-0.4, -0.2) is 11.4 Å². The lowest BCUT2D eigenvalue weighted by Crippen LogP contribution is -2.06. The number of hydrogen-bond acceptors (Lipinski definition) is 3. The van der Waals surface area contributed by atoms with Gasteiger partial charge in [0.05, 0.1) is 6.61 Å². The molecule has 0 amide bonds. The minimum absolute atomic E-state index is 0.0201. The van der Waals surface area contributed by atoms with Gasteiger partial charge in [0.2, 0.25) is 0 Å². The topological polar surface area (TPSA) is 9.23 Å². The SMILES string of the molecule is C=C(CCOC(Sc1ccccc1)Sc1ccccc1)CCc1ccccc1. The zero-order valence-electron chi connectivity index (χ0n) is 16.0. The number of aryl methyl sites for hydroxylation is 1. The van der Waals surface area contributed by atoms with Crippen LogP contribution in [0.25, 0.3) is 0 Å². The van der Waals surface area contributed by atoms with Crippen molar-refractivity contribution in [1.29, 1.82) is 0 Å². The first-order chi connectivity index (χ1) is 13.8. The van der Waals surface area contributed by atoms with E-state index < -0.39 is 0 Å². The molecule has 0 saturated heterocycles. The first kappa shape index (κ1) is 20.8. The molecule has 0 unspecified atom stereocenters. The molecule has 144 valence electrons. The molecule has 3 rings (SSSR count). The van der Waals surface area contributed by atoms with Crippen molar-refractivity contribution in [2.75, 3.05) is 6.61 Å². The van der Waals surface area contributed by atoms with Gasteiger partial charge in [-0.1, -0.05) is 102 Å². The second-order valence-electron chi connectivity index (χ2n) is 6.51. The van der Waals surface area contributed by atoms with Crippen molar-refractivity contribution in [2.45, 2.75) is 33.8 Å². The lowest BCUT2D eigenvalue weighted by atomic mass is 10.0. The van der Waals surface area contributed by atoms with Gasteiger partial charge >= 0.3 is 0 Å². The highest BCUT2D eigenvalue weighted by Gasteiger charge is 2.13. The Morgan fingerprint density at radius 3 is 1.75 bits per heavy atom. The Bertz CT molecular complexity index is 777. The minimum Gasteiger partial charge on any atom is -0.357 e. The van der Waals surface area contributed by atoms with Crippen molar-refractivity contribution in [3.8, 4) is 0 Å². The van der Waals surface area contributed by atoms with Gasteiger partial charge in [-0.2, -0.15) is 0 Å². The molecule has 0 aliphatic carbocycles. The molecule has 0 heterocycles. The van der Waals surface area contributed by atoms with Crippen LogP contribution in [0.3, 0.4) is 0 Å². The number of benzene rings is 3. The van der Waals surface area contributed by atoms with Crippen molar-refractivity contribution < 1.29 is 4.74 Å². The number of hydrogen-bond donors (Lipinski definition) is 0. The Labute approximate surface area is 177 Å². The van der Waals surface area contributed by atoms with Crippen molar-refractivity contribution in [2.24, 2.45) is 0 Å². The molecule has 0 atom stereocenters. The van der Waals surface area contributed by atoms with E-state index in [1.54, 1.807) is 23.5 Å². The molecule has 0 saturated carbocycles. The molecule has 3 aromatic carbocycles. The summed E-state index contributed by atoms with van der Waals surface area (Å²) < 4.78 is 6.26. The van der Waals surface area contributed by atoms with Crippen molar-refractivity contribution in [1.82, 2.24) is 0 Å². The third kappa shape index (κ3) is 7.59. The van der Waals surface area contributed by atoms with E-state index in [-0.39, 0.29) is 4.77 Å². The van der Waals surface area contributed by atoms with Gasteiger partial charge in [0, 0.05) is 9.79 Å². The Balaban J connectivity index is 1.48. The lowest BCUT2D eigenvalue weighted by Gasteiger charge is -2.17. The van der Waals surface area contributed by atoms with Crippen LogP contribution in [0.15, 0.2) is 113 Å². The highest BCUT2D eigenvalue weighted by molar-refractivity contribution is 8.16. The van der Waals surface area contributed by atoms with Gasteiger partial charge in [-0.3, -0.25) is 0 Å². The summed E-state index contributed by atoms with van der Waals surface area (Å²) in [6.07, 6.45) is 2.95. The second kappa shape index (κ2) is 11.8. The molecule has 0 radical (unpaired) electrons. The summed E-state index contributed by atoms with van der Waals surface area (Å²) in [7, 11) is 0. The zero-order chi connectivity index (χ0) is 19.4. The average molecular weight is 407 g/mol. The maximum absolute atomic E-state index is 6.24. The van der Waals surface area contributed by atoms with Crippen LogP contribution >= 0.6 is 23.5 Å². The van der Waals surface area contributed by atoms with Gasteiger partial charge in [-0.15, -0.1) is 0 Å². The second-order valence-corrected chi connectivity index (χ2v) is 9.08. The van der Waals surface area contributed by atoms with Crippen LogP contribution in [0.1, 0.15) is 18.4 Å². The molecular weight excluding hydrogens is 380 g/mol. The quantitative estimate of drug-likeness (QED) is 0.186. The monoisotopic (exact) mass is 406 g/mol. The maximum atomic E-state index is 6.24. The fourth-order valence-electron chi connectivity index (χ4n) is 2.70. The fraction of sp³-hybridized carbons (Fsp3) is 0.200. The molecule has 0 bridgehead atoms. The number of rotatable bonds is 11. The first-order valence-corrected chi connectivity index (χ1v) is 11.3. The standard InChI is InChI=1S/C25H26OS2/c1-21(17-18-22-11-5-2-6-12-22)19-20-26-25(27-23-13-7-3-8-14-23)28-24-15-9-4-10-16-24/h2-16,25H,1,17-20H2. The third-order valence-corrected chi connectivity index (χ3v) is 6.59. The van der Waals surface area contributed by atoms with E-state index in [9.17, 15) is 0 Å².